The number of carbonyl (C=O) groups excluding carboxylic acids is 2. The molecule has 0 spiro atoms. The molecule has 2 aromatic rings. The van der Waals surface area contributed by atoms with E-state index in [1.807, 2.05) is 31.2 Å². The number of para-hydroxylation sites is 1. The zero-order chi connectivity index (χ0) is 24.7. The summed E-state index contributed by atoms with van der Waals surface area (Å²) >= 11 is 0. The lowest BCUT2D eigenvalue weighted by molar-refractivity contribution is -0.139. The van der Waals surface area contributed by atoms with Crippen LogP contribution in [0.4, 0.5) is 5.69 Å². The number of hydrogen-bond donors (Lipinski definition) is 1. The lowest BCUT2D eigenvalue weighted by Gasteiger charge is -2.33. The molecule has 2 amide bonds. The summed E-state index contributed by atoms with van der Waals surface area (Å²) in [6, 6.07) is 15.6. The lowest BCUT2D eigenvalue weighted by Crippen LogP contribution is -2.53. The first-order chi connectivity index (χ1) is 16.2. The van der Waals surface area contributed by atoms with E-state index in [1.54, 1.807) is 37.3 Å². The van der Waals surface area contributed by atoms with Crippen LogP contribution in [-0.2, 0) is 26.2 Å². The molecule has 0 aromatic heterocycles. The molecule has 1 aliphatic rings. The van der Waals surface area contributed by atoms with E-state index in [9.17, 15) is 18.0 Å². The number of aryl methyl sites for hydroxylation is 1. The Balaban J connectivity index is 1.86. The molecule has 1 aliphatic carbocycles. The summed E-state index contributed by atoms with van der Waals surface area (Å²) in [5.74, 6) is -0.636. The number of sulfonamides is 1. The fraction of sp³-hybridized carbons (Fsp3) is 0.462. The van der Waals surface area contributed by atoms with E-state index in [4.69, 9.17) is 0 Å². The summed E-state index contributed by atoms with van der Waals surface area (Å²) in [6.45, 7) is 3.51. The molecule has 184 valence electrons. The van der Waals surface area contributed by atoms with Crippen molar-refractivity contribution in [2.75, 3.05) is 17.1 Å². The van der Waals surface area contributed by atoms with Gasteiger partial charge in [0.25, 0.3) is 0 Å². The Morgan fingerprint density at radius 2 is 1.62 bits per heavy atom. The smallest absolute Gasteiger partial charge is 0.244 e. The molecule has 8 heteroatoms. The van der Waals surface area contributed by atoms with Crippen molar-refractivity contribution in [3.63, 3.8) is 0 Å². The SMILES string of the molecule is Cc1ccccc1CN(C(=O)CN(c1ccccc1)S(C)(=O)=O)C(C)C(=O)NC1CCCCC1. The highest BCUT2D eigenvalue weighted by Gasteiger charge is 2.31. The minimum Gasteiger partial charge on any atom is -0.352 e. The van der Waals surface area contributed by atoms with Crippen LogP contribution in [0.15, 0.2) is 54.6 Å². The third kappa shape index (κ3) is 6.82. The second-order valence-corrected chi connectivity index (χ2v) is 11.0. The molecule has 2 aromatic carbocycles. The highest BCUT2D eigenvalue weighted by molar-refractivity contribution is 7.92. The van der Waals surface area contributed by atoms with E-state index in [2.05, 4.69) is 5.32 Å². The highest BCUT2D eigenvalue weighted by atomic mass is 32.2. The summed E-state index contributed by atoms with van der Waals surface area (Å²) in [4.78, 5) is 28.2. The van der Waals surface area contributed by atoms with E-state index in [0.717, 1.165) is 47.4 Å². The van der Waals surface area contributed by atoms with Gasteiger partial charge in [-0.2, -0.15) is 0 Å². The third-order valence-corrected chi connectivity index (χ3v) is 7.58. The fourth-order valence-corrected chi connectivity index (χ4v) is 5.18. The summed E-state index contributed by atoms with van der Waals surface area (Å²) in [5, 5.41) is 3.10. The first-order valence-corrected chi connectivity index (χ1v) is 13.7. The molecule has 0 saturated heterocycles. The summed E-state index contributed by atoms with van der Waals surface area (Å²) < 4.78 is 26.2. The van der Waals surface area contributed by atoms with Gasteiger partial charge in [-0.1, -0.05) is 61.7 Å². The van der Waals surface area contributed by atoms with Crippen molar-refractivity contribution in [1.29, 1.82) is 0 Å². The molecule has 0 radical (unpaired) electrons. The maximum absolute atomic E-state index is 13.6. The van der Waals surface area contributed by atoms with E-state index in [-0.39, 0.29) is 25.0 Å². The first-order valence-electron chi connectivity index (χ1n) is 11.8. The number of benzene rings is 2. The zero-order valence-corrected chi connectivity index (χ0v) is 21.1. The largest absolute Gasteiger partial charge is 0.352 e. The van der Waals surface area contributed by atoms with Gasteiger partial charge < -0.3 is 10.2 Å². The van der Waals surface area contributed by atoms with Crippen LogP contribution in [0.2, 0.25) is 0 Å². The number of amides is 2. The molecule has 1 fully saturated rings. The summed E-state index contributed by atoms with van der Waals surface area (Å²) in [5.41, 5.74) is 2.33. The van der Waals surface area contributed by atoms with Crippen LogP contribution in [-0.4, -0.2) is 50.0 Å². The summed E-state index contributed by atoms with van der Waals surface area (Å²) in [6.07, 6.45) is 6.33. The molecule has 1 N–H and O–H groups in total. The minimum atomic E-state index is -3.71. The van der Waals surface area contributed by atoms with Gasteiger partial charge in [-0.25, -0.2) is 8.42 Å². The Labute approximate surface area is 203 Å². The predicted molar refractivity (Wildman–Crippen MR) is 135 cm³/mol. The molecule has 0 bridgehead atoms. The molecule has 1 atom stereocenters. The number of hydrogen-bond acceptors (Lipinski definition) is 4. The average Bonchev–Trinajstić information content (AvgIpc) is 2.82. The highest BCUT2D eigenvalue weighted by Crippen LogP contribution is 2.21. The van der Waals surface area contributed by atoms with Gasteiger partial charge in [0.15, 0.2) is 0 Å². The number of carbonyl (C=O) groups is 2. The van der Waals surface area contributed by atoms with Gasteiger partial charge >= 0.3 is 0 Å². The van der Waals surface area contributed by atoms with Gasteiger partial charge in [-0.3, -0.25) is 13.9 Å². The Morgan fingerprint density at radius 3 is 2.24 bits per heavy atom. The van der Waals surface area contributed by atoms with Crippen molar-refractivity contribution < 1.29 is 18.0 Å². The molecule has 7 nitrogen and oxygen atoms in total. The average molecular weight is 486 g/mol. The van der Waals surface area contributed by atoms with Crippen LogP contribution >= 0.6 is 0 Å². The maximum atomic E-state index is 13.6. The first kappa shape index (κ1) is 25.7. The monoisotopic (exact) mass is 485 g/mol. The van der Waals surface area contributed by atoms with Crippen molar-refractivity contribution >= 4 is 27.5 Å². The molecular formula is C26H35N3O4S. The Kier molecular flexibility index (Phi) is 8.72. The second kappa shape index (κ2) is 11.5. The third-order valence-electron chi connectivity index (χ3n) is 6.44. The van der Waals surface area contributed by atoms with Gasteiger partial charge in [-0.15, -0.1) is 0 Å². The zero-order valence-electron chi connectivity index (χ0n) is 20.2. The van der Waals surface area contributed by atoms with Crippen LogP contribution in [0.5, 0.6) is 0 Å². The molecule has 0 aliphatic heterocycles. The van der Waals surface area contributed by atoms with Gasteiger partial charge in [-0.05, 0) is 49.9 Å². The van der Waals surface area contributed by atoms with E-state index >= 15 is 0 Å². The molecule has 1 saturated carbocycles. The van der Waals surface area contributed by atoms with E-state index < -0.39 is 22.0 Å². The Hall–Kier alpha value is -2.87. The van der Waals surface area contributed by atoms with E-state index in [0.29, 0.717) is 5.69 Å². The van der Waals surface area contributed by atoms with Crippen LogP contribution in [0.25, 0.3) is 0 Å². The van der Waals surface area contributed by atoms with E-state index in [1.165, 1.54) is 11.3 Å². The number of nitrogens with one attached hydrogen (secondary N) is 1. The van der Waals surface area contributed by atoms with Crippen molar-refractivity contribution in [1.82, 2.24) is 10.2 Å². The topological polar surface area (TPSA) is 86.8 Å². The van der Waals surface area contributed by atoms with Gasteiger partial charge in [0, 0.05) is 12.6 Å². The van der Waals surface area contributed by atoms with Crippen LogP contribution < -0.4 is 9.62 Å². The van der Waals surface area contributed by atoms with Crippen molar-refractivity contribution in [3.05, 3.63) is 65.7 Å². The predicted octanol–water partition coefficient (Wildman–Crippen LogP) is 3.63. The maximum Gasteiger partial charge on any atom is 0.244 e. The lowest BCUT2D eigenvalue weighted by atomic mass is 9.95. The summed E-state index contributed by atoms with van der Waals surface area (Å²) in [7, 11) is -3.71. The molecule has 1 unspecified atom stereocenters. The Morgan fingerprint density at radius 1 is 1.00 bits per heavy atom. The van der Waals surface area contributed by atoms with Crippen molar-refractivity contribution in [2.24, 2.45) is 0 Å². The molecule has 3 rings (SSSR count). The van der Waals surface area contributed by atoms with Gasteiger partial charge in [0.2, 0.25) is 21.8 Å². The van der Waals surface area contributed by atoms with Crippen molar-refractivity contribution in [2.45, 2.75) is 64.6 Å². The number of rotatable bonds is 9. The second-order valence-electron chi connectivity index (χ2n) is 9.07. The normalized spacial score (nSPS) is 15.4. The van der Waals surface area contributed by atoms with Gasteiger partial charge in [0.1, 0.15) is 12.6 Å². The van der Waals surface area contributed by atoms with Crippen LogP contribution in [0.3, 0.4) is 0 Å². The van der Waals surface area contributed by atoms with Crippen LogP contribution in [0, 0.1) is 6.92 Å². The number of anilines is 1. The molecule has 0 heterocycles. The van der Waals surface area contributed by atoms with Crippen LogP contribution in [0.1, 0.15) is 50.2 Å². The van der Waals surface area contributed by atoms with Crippen molar-refractivity contribution in [3.8, 4) is 0 Å². The quantitative estimate of drug-likeness (QED) is 0.588. The van der Waals surface area contributed by atoms with Gasteiger partial charge in [0.05, 0.1) is 11.9 Å². The standard InChI is InChI=1S/C26H35N3O4S/c1-20-12-10-11-13-22(20)18-28(21(2)26(31)27-23-14-6-4-7-15-23)25(30)19-29(34(3,32)33)24-16-8-5-9-17-24/h5,8-13,16-17,21,23H,4,6-7,14-15,18-19H2,1-3H3,(H,27,31). The fourth-order valence-electron chi connectivity index (χ4n) is 4.33. The number of nitrogens with zero attached hydrogens (tertiary/aromatic N) is 2. The molecular weight excluding hydrogens is 450 g/mol. The Bertz CT molecular complexity index is 1080. The minimum absolute atomic E-state index is 0.121. The molecule has 34 heavy (non-hydrogen) atoms.